The normalized spacial score (nSPS) is 30.7. The average Bonchev–Trinajstić information content (AvgIpc) is 2.63. The van der Waals surface area contributed by atoms with Crippen LogP contribution in [0.25, 0.3) is 0 Å². The van der Waals surface area contributed by atoms with Crippen LogP contribution in [-0.4, -0.2) is 18.6 Å². The second-order valence-corrected chi connectivity index (χ2v) is 4.18. The molecule has 1 aliphatic heterocycles. The number of ether oxygens (including phenoxy) is 2. The van der Waals surface area contributed by atoms with Gasteiger partial charge in [0, 0.05) is 17.9 Å². The maximum Gasteiger partial charge on any atom is 0.196 e. The van der Waals surface area contributed by atoms with Crippen LogP contribution in [0.5, 0.6) is 0 Å². The molecule has 0 amide bonds. The lowest BCUT2D eigenvalue weighted by molar-refractivity contribution is -0.176. The van der Waals surface area contributed by atoms with Gasteiger partial charge in [0.05, 0.1) is 12.7 Å². The van der Waals surface area contributed by atoms with E-state index in [1.54, 1.807) is 0 Å². The minimum absolute atomic E-state index is 0.133. The van der Waals surface area contributed by atoms with Gasteiger partial charge in [-0.3, -0.25) is 0 Å². The van der Waals surface area contributed by atoms with E-state index < -0.39 is 5.79 Å². The monoisotopic (exact) mass is 226 g/mol. The summed E-state index contributed by atoms with van der Waals surface area (Å²) in [6.07, 6.45) is 0.816. The van der Waals surface area contributed by atoms with E-state index in [4.69, 9.17) is 21.1 Å². The molecular weight excluding hydrogens is 212 g/mol. The fourth-order valence-electron chi connectivity index (χ4n) is 1.89. The van der Waals surface area contributed by atoms with Crippen molar-refractivity contribution in [1.82, 2.24) is 0 Å². The third-order valence-electron chi connectivity index (χ3n) is 2.58. The lowest BCUT2D eigenvalue weighted by Crippen LogP contribution is -2.28. The van der Waals surface area contributed by atoms with Gasteiger partial charge < -0.3 is 9.47 Å². The van der Waals surface area contributed by atoms with E-state index in [0.29, 0.717) is 18.9 Å². The Bertz CT molecular complexity index is 311. The van der Waals surface area contributed by atoms with Gasteiger partial charge in [0.15, 0.2) is 5.79 Å². The molecule has 0 aliphatic carbocycles. The minimum Gasteiger partial charge on any atom is -0.343 e. The van der Waals surface area contributed by atoms with Crippen LogP contribution in [0.15, 0.2) is 30.3 Å². The summed E-state index contributed by atoms with van der Waals surface area (Å²) in [5.74, 6) is -0.0932. The molecule has 1 aliphatic rings. The Balaban J connectivity index is 2.27. The zero-order valence-corrected chi connectivity index (χ0v) is 9.54. The summed E-state index contributed by atoms with van der Waals surface area (Å²) in [5.41, 5.74) is 1.05. The highest BCUT2D eigenvalue weighted by atomic mass is 35.5. The van der Waals surface area contributed by atoms with Gasteiger partial charge in [0.2, 0.25) is 0 Å². The molecule has 2 rings (SSSR count). The Morgan fingerprint density at radius 1 is 1.40 bits per heavy atom. The summed E-state index contributed by atoms with van der Waals surface area (Å²) >= 11 is 5.81. The molecule has 1 fully saturated rings. The van der Waals surface area contributed by atoms with Crippen molar-refractivity contribution in [2.75, 3.05) is 12.5 Å². The Labute approximate surface area is 95.1 Å². The molecule has 0 saturated carbocycles. The van der Waals surface area contributed by atoms with Gasteiger partial charge in [-0.15, -0.1) is 11.6 Å². The molecule has 1 heterocycles. The Hall–Kier alpha value is -0.570. The van der Waals surface area contributed by atoms with E-state index in [9.17, 15) is 0 Å². The van der Waals surface area contributed by atoms with Crippen LogP contribution in [0.1, 0.15) is 18.9 Å². The molecule has 0 bridgehead atoms. The quantitative estimate of drug-likeness (QED) is 0.738. The molecule has 1 saturated heterocycles. The number of halogens is 1. The summed E-state index contributed by atoms with van der Waals surface area (Å²) < 4.78 is 11.6. The van der Waals surface area contributed by atoms with Gasteiger partial charge in [0.1, 0.15) is 0 Å². The highest BCUT2D eigenvalue weighted by molar-refractivity contribution is 6.17. The number of alkyl halides is 1. The molecule has 0 spiro atoms. The molecule has 15 heavy (non-hydrogen) atoms. The van der Waals surface area contributed by atoms with Crippen LogP contribution < -0.4 is 0 Å². The van der Waals surface area contributed by atoms with Crippen LogP contribution in [-0.2, 0) is 15.3 Å². The topological polar surface area (TPSA) is 18.5 Å². The number of benzene rings is 1. The second-order valence-electron chi connectivity index (χ2n) is 3.80. The summed E-state index contributed by atoms with van der Waals surface area (Å²) in [4.78, 5) is 0. The van der Waals surface area contributed by atoms with Gasteiger partial charge in [-0.25, -0.2) is 0 Å². The zero-order valence-electron chi connectivity index (χ0n) is 8.78. The average molecular weight is 227 g/mol. The predicted octanol–water partition coefficient (Wildman–Crippen LogP) is 2.90. The van der Waals surface area contributed by atoms with Crippen molar-refractivity contribution in [2.45, 2.75) is 25.2 Å². The van der Waals surface area contributed by atoms with Crippen molar-refractivity contribution in [1.29, 1.82) is 0 Å². The van der Waals surface area contributed by atoms with E-state index in [1.165, 1.54) is 0 Å². The van der Waals surface area contributed by atoms with Crippen molar-refractivity contribution < 1.29 is 9.47 Å². The highest BCUT2D eigenvalue weighted by Crippen LogP contribution is 2.37. The first-order valence-corrected chi connectivity index (χ1v) is 5.73. The van der Waals surface area contributed by atoms with E-state index in [0.717, 1.165) is 5.56 Å². The van der Waals surface area contributed by atoms with Crippen LogP contribution >= 0.6 is 11.6 Å². The van der Waals surface area contributed by atoms with Crippen molar-refractivity contribution in [2.24, 2.45) is 0 Å². The van der Waals surface area contributed by atoms with Crippen molar-refractivity contribution in [3.05, 3.63) is 35.9 Å². The summed E-state index contributed by atoms with van der Waals surface area (Å²) in [6.45, 7) is 2.64. The smallest absolute Gasteiger partial charge is 0.196 e. The molecule has 1 aromatic rings. The van der Waals surface area contributed by atoms with E-state index >= 15 is 0 Å². The zero-order chi connectivity index (χ0) is 10.7. The fourth-order valence-corrected chi connectivity index (χ4v) is 2.14. The molecule has 3 heteroatoms. The molecule has 0 aromatic heterocycles. The molecule has 1 aromatic carbocycles. The van der Waals surface area contributed by atoms with Gasteiger partial charge in [0.25, 0.3) is 0 Å². The third-order valence-corrected chi connectivity index (χ3v) is 2.77. The van der Waals surface area contributed by atoms with Crippen LogP contribution in [0.2, 0.25) is 0 Å². The standard InChI is InChI=1S/C12H15ClO2/c1-10-9-14-12(15-10,7-8-13)11-5-3-2-4-6-11/h2-6,10H,7-9H2,1H3. The first-order chi connectivity index (χ1) is 7.27. The van der Waals surface area contributed by atoms with Gasteiger partial charge >= 0.3 is 0 Å². The van der Waals surface area contributed by atoms with Gasteiger partial charge in [-0.05, 0) is 6.92 Å². The minimum atomic E-state index is -0.623. The van der Waals surface area contributed by atoms with E-state index in [2.05, 4.69) is 0 Å². The maximum absolute atomic E-state index is 5.87. The lowest BCUT2D eigenvalue weighted by Gasteiger charge is -2.27. The molecule has 0 radical (unpaired) electrons. The number of rotatable bonds is 3. The Morgan fingerprint density at radius 3 is 2.67 bits per heavy atom. The van der Waals surface area contributed by atoms with Crippen LogP contribution in [0, 0.1) is 0 Å². The maximum atomic E-state index is 5.87. The molecule has 2 nitrogen and oxygen atoms in total. The summed E-state index contributed by atoms with van der Waals surface area (Å²) in [5, 5.41) is 0. The molecule has 2 unspecified atom stereocenters. The highest BCUT2D eigenvalue weighted by Gasteiger charge is 2.40. The Morgan fingerprint density at radius 2 is 2.13 bits per heavy atom. The van der Waals surface area contributed by atoms with Crippen molar-refractivity contribution in [3.8, 4) is 0 Å². The third kappa shape index (κ3) is 2.17. The molecular formula is C12H15ClO2. The van der Waals surface area contributed by atoms with E-state index in [1.807, 2.05) is 37.3 Å². The second kappa shape index (κ2) is 4.52. The fraction of sp³-hybridized carbons (Fsp3) is 0.500. The lowest BCUT2D eigenvalue weighted by atomic mass is 10.0. The molecule has 2 atom stereocenters. The molecule has 82 valence electrons. The number of hydrogen-bond donors (Lipinski definition) is 0. The van der Waals surface area contributed by atoms with E-state index in [-0.39, 0.29) is 6.10 Å². The Kier molecular flexibility index (Phi) is 3.29. The first kappa shape index (κ1) is 10.9. The summed E-state index contributed by atoms with van der Waals surface area (Å²) in [7, 11) is 0. The van der Waals surface area contributed by atoms with Gasteiger partial charge in [-0.2, -0.15) is 0 Å². The largest absolute Gasteiger partial charge is 0.343 e. The number of hydrogen-bond acceptors (Lipinski definition) is 2. The first-order valence-electron chi connectivity index (χ1n) is 5.20. The van der Waals surface area contributed by atoms with Crippen LogP contribution in [0.3, 0.4) is 0 Å². The SMILES string of the molecule is CC1COC(CCCl)(c2ccccc2)O1. The molecule has 0 N–H and O–H groups in total. The van der Waals surface area contributed by atoms with Crippen molar-refractivity contribution >= 4 is 11.6 Å². The van der Waals surface area contributed by atoms with Gasteiger partial charge in [-0.1, -0.05) is 30.3 Å². The summed E-state index contributed by atoms with van der Waals surface area (Å²) in [6, 6.07) is 9.99. The van der Waals surface area contributed by atoms with Crippen molar-refractivity contribution in [3.63, 3.8) is 0 Å². The van der Waals surface area contributed by atoms with Crippen LogP contribution in [0.4, 0.5) is 0 Å². The predicted molar refractivity (Wildman–Crippen MR) is 60.0 cm³/mol.